The molecule has 116 valence electrons. The Labute approximate surface area is 132 Å². The third-order valence-electron chi connectivity index (χ3n) is 4.11. The van der Waals surface area contributed by atoms with Gasteiger partial charge in [0.15, 0.2) is 0 Å². The van der Waals surface area contributed by atoms with Crippen molar-refractivity contribution in [2.75, 3.05) is 29.9 Å². The first-order valence-corrected chi connectivity index (χ1v) is 8.27. The SMILES string of the molecule is c1ccc(CCNc2nccc(N3CCCCCC3)n2)cc1. The van der Waals surface area contributed by atoms with Crippen molar-refractivity contribution < 1.29 is 0 Å². The number of anilines is 2. The van der Waals surface area contributed by atoms with Crippen LogP contribution in [-0.4, -0.2) is 29.6 Å². The zero-order valence-corrected chi connectivity index (χ0v) is 13.0. The molecule has 1 N–H and O–H groups in total. The second-order valence-electron chi connectivity index (χ2n) is 5.80. The molecule has 0 amide bonds. The molecule has 1 aliphatic rings. The van der Waals surface area contributed by atoms with Crippen LogP contribution in [0.5, 0.6) is 0 Å². The van der Waals surface area contributed by atoms with Crippen molar-refractivity contribution in [1.29, 1.82) is 0 Å². The van der Waals surface area contributed by atoms with Crippen LogP contribution in [0.25, 0.3) is 0 Å². The van der Waals surface area contributed by atoms with Crippen LogP contribution in [0.3, 0.4) is 0 Å². The first kappa shape index (κ1) is 14.8. The fraction of sp³-hybridized carbons (Fsp3) is 0.444. The maximum atomic E-state index is 4.67. The Morgan fingerprint density at radius 2 is 1.73 bits per heavy atom. The standard InChI is InChI=1S/C18H24N4/c1-2-7-15-22(14-6-1)17-11-13-20-18(21-17)19-12-10-16-8-4-3-5-9-16/h3-5,8-9,11,13H,1-2,6-7,10,12,14-15H2,(H,19,20,21). The van der Waals surface area contributed by atoms with Crippen LogP contribution >= 0.6 is 0 Å². The van der Waals surface area contributed by atoms with E-state index in [2.05, 4.69) is 44.5 Å². The molecule has 0 atom stereocenters. The summed E-state index contributed by atoms with van der Waals surface area (Å²) in [6.07, 6.45) is 8.05. The number of aromatic nitrogens is 2. The molecule has 22 heavy (non-hydrogen) atoms. The lowest BCUT2D eigenvalue weighted by atomic mass is 10.1. The van der Waals surface area contributed by atoms with Gasteiger partial charge in [-0.05, 0) is 30.9 Å². The number of hydrogen-bond donors (Lipinski definition) is 1. The zero-order chi connectivity index (χ0) is 15.0. The Morgan fingerprint density at radius 1 is 0.955 bits per heavy atom. The largest absolute Gasteiger partial charge is 0.356 e. The van der Waals surface area contributed by atoms with E-state index in [1.54, 1.807) is 0 Å². The molecule has 4 nitrogen and oxygen atoms in total. The molecule has 3 rings (SSSR count). The number of hydrogen-bond acceptors (Lipinski definition) is 4. The van der Waals surface area contributed by atoms with Crippen LogP contribution in [0.2, 0.25) is 0 Å². The van der Waals surface area contributed by atoms with Crippen molar-refractivity contribution in [3.63, 3.8) is 0 Å². The predicted molar refractivity (Wildman–Crippen MR) is 91.3 cm³/mol. The van der Waals surface area contributed by atoms with Crippen LogP contribution in [0.15, 0.2) is 42.6 Å². The van der Waals surface area contributed by atoms with Crippen molar-refractivity contribution in [2.45, 2.75) is 32.1 Å². The summed E-state index contributed by atoms with van der Waals surface area (Å²) in [5.74, 6) is 1.79. The van der Waals surface area contributed by atoms with Crippen LogP contribution < -0.4 is 10.2 Å². The molecular formula is C18H24N4. The molecule has 1 aromatic heterocycles. The second-order valence-corrected chi connectivity index (χ2v) is 5.80. The number of rotatable bonds is 5. The van der Waals surface area contributed by atoms with Gasteiger partial charge in [-0.3, -0.25) is 0 Å². The minimum Gasteiger partial charge on any atom is -0.356 e. The van der Waals surface area contributed by atoms with Gasteiger partial charge in [0, 0.05) is 25.8 Å². The highest BCUT2D eigenvalue weighted by Gasteiger charge is 2.11. The lowest BCUT2D eigenvalue weighted by molar-refractivity contribution is 0.726. The van der Waals surface area contributed by atoms with Crippen molar-refractivity contribution in [2.24, 2.45) is 0 Å². The monoisotopic (exact) mass is 296 g/mol. The number of benzene rings is 1. The van der Waals surface area contributed by atoms with Gasteiger partial charge in [-0.1, -0.05) is 43.2 Å². The average molecular weight is 296 g/mol. The maximum absolute atomic E-state index is 4.67. The molecule has 0 bridgehead atoms. The first-order valence-electron chi connectivity index (χ1n) is 8.27. The summed E-state index contributed by atoms with van der Waals surface area (Å²) in [5, 5.41) is 3.34. The fourth-order valence-electron chi connectivity index (χ4n) is 2.87. The van der Waals surface area contributed by atoms with E-state index in [9.17, 15) is 0 Å². The molecule has 1 aromatic carbocycles. The Morgan fingerprint density at radius 3 is 2.50 bits per heavy atom. The summed E-state index contributed by atoms with van der Waals surface area (Å²) in [7, 11) is 0. The van der Waals surface area contributed by atoms with E-state index in [0.717, 1.165) is 37.8 Å². The summed E-state index contributed by atoms with van der Waals surface area (Å²) in [4.78, 5) is 11.4. The van der Waals surface area contributed by atoms with Crippen LogP contribution in [-0.2, 0) is 6.42 Å². The highest BCUT2D eigenvalue weighted by Crippen LogP contribution is 2.17. The van der Waals surface area contributed by atoms with Gasteiger partial charge in [0.05, 0.1) is 0 Å². The van der Waals surface area contributed by atoms with Gasteiger partial charge in [0.1, 0.15) is 5.82 Å². The van der Waals surface area contributed by atoms with Crippen LogP contribution in [0, 0.1) is 0 Å². The van der Waals surface area contributed by atoms with Crippen LogP contribution in [0.1, 0.15) is 31.2 Å². The summed E-state index contributed by atoms with van der Waals surface area (Å²) in [5.41, 5.74) is 1.33. The molecule has 2 heterocycles. The van der Waals surface area contributed by atoms with Gasteiger partial charge >= 0.3 is 0 Å². The Balaban J connectivity index is 1.56. The van der Waals surface area contributed by atoms with Crippen molar-refractivity contribution in [1.82, 2.24) is 9.97 Å². The summed E-state index contributed by atoms with van der Waals surface area (Å²) in [6, 6.07) is 12.5. The molecule has 1 aliphatic heterocycles. The zero-order valence-electron chi connectivity index (χ0n) is 13.0. The van der Waals surface area contributed by atoms with E-state index in [-0.39, 0.29) is 0 Å². The number of nitrogens with zero attached hydrogens (tertiary/aromatic N) is 3. The first-order chi connectivity index (χ1) is 10.9. The smallest absolute Gasteiger partial charge is 0.224 e. The van der Waals surface area contributed by atoms with E-state index in [1.165, 1.54) is 31.2 Å². The lowest BCUT2D eigenvalue weighted by Crippen LogP contribution is -2.25. The quantitative estimate of drug-likeness (QED) is 0.916. The fourth-order valence-corrected chi connectivity index (χ4v) is 2.87. The molecule has 0 saturated carbocycles. The molecular weight excluding hydrogens is 272 g/mol. The van der Waals surface area contributed by atoms with Gasteiger partial charge in [0.2, 0.25) is 5.95 Å². The molecule has 4 heteroatoms. The molecule has 0 spiro atoms. The topological polar surface area (TPSA) is 41.1 Å². The van der Waals surface area contributed by atoms with Gasteiger partial charge < -0.3 is 10.2 Å². The van der Waals surface area contributed by atoms with Gasteiger partial charge in [0.25, 0.3) is 0 Å². The maximum Gasteiger partial charge on any atom is 0.224 e. The molecule has 0 radical (unpaired) electrons. The molecule has 2 aromatic rings. The number of nitrogens with one attached hydrogen (secondary N) is 1. The van der Waals surface area contributed by atoms with E-state index < -0.39 is 0 Å². The van der Waals surface area contributed by atoms with Crippen molar-refractivity contribution in [3.05, 3.63) is 48.2 Å². The van der Waals surface area contributed by atoms with E-state index >= 15 is 0 Å². The third kappa shape index (κ3) is 4.20. The Kier molecular flexibility index (Phi) is 5.24. The van der Waals surface area contributed by atoms with Gasteiger partial charge in [-0.2, -0.15) is 4.98 Å². The minimum absolute atomic E-state index is 0.734. The summed E-state index contributed by atoms with van der Waals surface area (Å²) >= 11 is 0. The normalized spacial score (nSPS) is 15.4. The predicted octanol–water partition coefficient (Wildman–Crippen LogP) is 3.51. The van der Waals surface area contributed by atoms with E-state index in [4.69, 9.17) is 0 Å². The van der Waals surface area contributed by atoms with Crippen molar-refractivity contribution >= 4 is 11.8 Å². The Bertz CT molecular complexity index is 562. The highest BCUT2D eigenvalue weighted by atomic mass is 15.2. The minimum atomic E-state index is 0.734. The van der Waals surface area contributed by atoms with Crippen LogP contribution in [0.4, 0.5) is 11.8 Å². The average Bonchev–Trinajstić information content (AvgIpc) is 2.85. The molecule has 1 saturated heterocycles. The highest BCUT2D eigenvalue weighted by molar-refractivity contribution is 5.42. The summed E-state index contributed by atoms with van der Waals surface area (Å²) < 4.78 is 0. The third-order valence-corrected chi connectivity index (χ3v) is 4.11. The second kappa shape index (κ2) is 7.78. The molecule has 0 aliphatic carbocycles. The lowest BCUT2D eigenvalue weighted by Gasteiger charge is -2.21. The van der Waals surface area contributed by atoms with Gasteiger partial charge in [-0.15, -0.1) is 0 Å². The summed E-state index contributed by atoms with van der Waals surface area (Å²) in [6.45, 7) is 3.08. The van der Waals surface area contributed by atoms with Gasteiger partial charge in [-0.25, -0.2) is 4.98 Å². The Hall–Kier alpha value is -2.10. The van der Waals surface area contributed by atoms with E-state index in [1.807, 2.05) is 18.3 Å². The molecule has 1 fully saturated rings. The van der Waals surface area contributed by atoms with Crippen molar-refractivity contribution in [3.8, 4) is 0 Å². The van der Waals surface area contributed by atoms with E-state index in [0.29, 0.717) is 0 Å². The molecule has 0 unspecified atom stereocenters.